The molecule has 0 saturated carbocycles. The van der Waals surface area contributed by atoms with E-state index >= 15 is 0 Å². The van der Waals surface area contributed by atoms with Gasteiger partial charge in [0.15, 0.2) is 5.78 Å². The summed E-state index contributed by atoms with van der Waals surface area (Å²) in [5, 5.41) is 7.01. The topological polar surface area (TPSA) is 93.2 Å². The first-order valence-corrected chi connectivity index (χ1v) is 14.4. The molecule has 8 heteroatoms. The van der Waals surface area contributed by atoms with Crippen LogP contribution in [0.25, 0.3) is 0 Å². The Bertz CT molecular complexity index is 1170. The highest BCUT2D eigenvalue weighted by molar-refractivity contribution is 6.88. The monoisotopic (exact) mass is 465 g/mol. The van der Waals surface area contributed by atoms with E-state index in [9.17, 15) is 14.4 Å². The Balaban J connectivity index is 1.80. The lowest BCUT2D eigenvalue weighted by molar-refractivity contribution is -0.127. The average Bonchev–Trinajstić information content (AvgIpc) is 3.08. The zero-order chi connectivity index (χ0) is 24.2. The minimum Gasteiger partial charge on any atom is -0.497 e. The lowest BCUT2D eigenvalue weighted by Crippen LogP contribution is -2.37. The van der Waals surface area contributed by atoms with E-state index in [1.807, 2.05) is 12.1 Å². The molecular formula is C25H31N3O4Si. The van der Waals surface area contributed by atoms with Crippen LogP contribution >= 0.6 is 0 Å². The number of benzene rings is 2. The summed E-state index contributed by atoms with van der Waals surface area (Å²) in [6.07, 6.45) is 0.173. The van der Waals surface area contributed by atoms with Gasteiger partial charge in [0, 0.05) is 25.2 Å². The molecule has 3 aromatic rings. The smallest absolute Gasteiger partial charge is 0.266 e. The van der Waals surface area contributed by atoms with Crippen molar-refractivity contribution < 1.29 is 14.3 Å². The van der Waals surface area contributed by atoms with Crippen molar-refractivity contribution in [3.8, 4) is 5.75 Å². The molecule has 0 bridgehead atoms. The minimum absolute atomic E-state index is 0.0269. The highest BCUT2D eigenvalue weighted by atomic mass is 28.3. The maximum atomic E-state index is 13.3. The molecule has 1 atom stereocenters. The number of hydrogen-bond acceptors (Lipinski definition) is 4. The zero-order valence-corrected chi connectivity index (χ0v) is 20.8. The van der Waals surface area contributed by atoms with Crippen LogP contribution < -0.4 is 20.8 Å². The maximum absolute atomic E-state index is 13.3. The van der Waals surface area contributed by atoms with Crippen molar-refractivity contribution in [1.29, 1.82) is 0 Å². The molecule has 0 saturated heterocycles. The van der Waals surface area contributed by atoms with E-state index in [2.05, 4.69) is 42.2 Å². The largest absolute Gasteiger partial charge is 0.497 e. The fraction of sp³-hybridized carbons (Fsp3) is 0.320. The summed E-state index contributed by atoms with van der Waals surface area (Å²) in [6, 6.07) is 15.8. The Morgan fingerprint density at radius 2 is 1.67 bits per heavy atom. The average molecular weight is 466 g/mol. The van der Waals surface area contributed by atoms with Crippen LogP contribution in [0.3, 0.4) is 0 Å². The highest BCUT2D eigenvalue weighted by Crippen LogP contribution is 2.20. The van der Waals surface area contributed by atoms with Crippen LogP contribution in [0, 0.1) is 0 Å². The second-order valence-corrected chi connectivity index (χ2v) is 14.3. The molecule has 1 heterocycles. The summed E-state index contributed by atoms with van der Waals surface area (Å²) in [4.78, 5) is 37.7. The van der Waals surface area contributed by atoms with Gasteiger partial charge in [-0.05, 0) is 23.3 Å². The van der Waals surface area contributed by atoms with Crippen molar-refractivity contribution in [3.05, 3.63) is 81.8 Å². The van der Waals surface area contributed by atoms with Gasteiger partial charge < -0.3 is 10.1 Å². The normalized spacial score (nSPS) is 12.3. The van der Waals surface area contributed by atoms with Gasteiger partial charge in [-0.25, -0.2) is 0 Å². The summed E-state index contributed by atoms with van der Waals surface area (Å²) in [6.45, 7) is 6.84. The molecule has 0 radical (unpaired) electrons. The molecule has 0 aliphatic rings. The molecular weight excluding hydrogens is 434 g/mol. The van der Waals surface area contributed by atoms with Crippen LogP contribution in [0.1, 0.15) is 22.9 Å². The van der Waals surface area contributed by atoms with Crippen molar-refractivity contribution in [1.82, 2.24) is 15.1 Å². The number of ether oxygens (including phenoxy) is 1. The molecule has 0 aliphatic carbocycles. The molecule has 1 unspecified atom stereocenters. The third-order valence-corrected chi connectivity index (χ3v) is 7.63. The number of ketones is 1. The predicted molar refractivity (Wildman–Crippen MR) is 132 cm³/mol. The predicted octanol–water partition coefficient (Wildman–Crippen LogP) is 2.48. The van der Waals surface area contributed by atoms with Crippen molar-refractivity contribution in [2.45, 2.75) is 38.5 Å². The second-order valence-electron chi connectivity index (χ2n) is 9.22. The molecule has 0 fully saturated rings. The van der Waals surface area contributed by atoms with Crippen LogP contribution in [0.2, 0.25) is 19.6 Å². The molecule has 2 N–H and O–H groups in total. The summed E-state index contributed by atoms with van der Waals surface area (Å²) in [7, 11) is 1.74. The van der Waals surface area contributed by atoms with E-state index in [0.29, 0.717) is 17.0 Å². The zero-order valence-electron chi connectivity index (χ0n) is 19.8. The number of aromatic amines is 1. The Labute approximate surface area is 194 Å². The van der Waals surface area contributed by atoms with Crippen LogP contribution in [-0.2, 0) is 29.5 Å². The maximum Gasteiger partial charge on any atom is 0.266 e. The molecule has 7 nitrogen and oxygen atoms in total. The second kappa shape index (κ2) is 10.0. The van der Waals surface area contributed by atoms with E-state index < -0.39 is 14.1 Å². The van der Waals surface area contributed by atoms with Gasteiger partial charge in [0.25, 0.3) is 5.56 Å². The van der Waals surface area contributed by atoms with Crippen LogP contribution in [-0.4, -0.2) is 36.7 Å². The number of H-pyrrole nitrogens is 1. The molecule has 0 aliphatic heterocycles. The lowest BCUT2D eigenvalue weighted by Gasteiger charge is -2.20. The summed E-state index contributed by atoms with van der Waals surface area (Å²) in [5.41, 5.74) is 1.85. The van der Waals surface area contributed by atoms with Gasteiger partial charge in [-0.15, -0.1) is 0 Å². The molecule has 174 valence electrons. The number of aromatic nitrogens is 2. The SMILES string of the molecule is COc1ccc(C(NC(=O)Cc2cc(=O)n(C)[nH]2)C(=O)Cc2ccc([Si](C)(C)C)cc2)cc1. The number of methoxy groups -OCH3 is 1. The van der Waals surface area contributed by atoms with E-state index in [4.69, 9.17) is 4.74 Å². The van der Waals surface area contributed by atoms with Gasteiger partial charge in [-0.1, -0.05) is 61.2 Å². The fourth-order valence-corrected chi connectivity index (χ4v) is 4.76. The summed E-state index contributed by atoms with van der Waals surface area (Å²) >= 11 is 0. The highest BCUT2D eigenvalue weighted by Gasteiger charge is 2.24. The van der Waals surface area contributed by atoms with Gasteiger partial charge in [0.1, 0.15) is 11.8 Å². The summed E-state index contributed by atoms with van der Waals surface area (Å²) < 4.78 is 6.52. The number of nitrogens with one attached hydrogen (secondary N) is 2. The van der Waals surface area contributed by atoms with E-state index in [1.165, 1.54) is 15.9 Å². The molecule has 2 aromatic carbocycles. The quantitative estimate of drug-likeness (QED) is 0.475. The number of amides is 1. The van der Waals surface area contributed by atoms with E-state index in [1.54, 1.807) is 38.4 Å². The van der Waals surface area contributed by atoms with Gasteiger partial charge in [-0.2, -0.15) is 0 Å². The third-order valence-electron chi connectivity index (χ3n) is 5.57. The van der Waals surface area contributed by atoms with Gasteiger partial charge in [0.2, 0.25) is 5.91 Å². The first-order chi connectivity index (χ1) is 15.6. The van der Waals surface area contributed by atoms with E-state index in [-0.39, 0.29) is 30.1 Å². The van der Waals surface area contributed by atoms with Crippen molar-refractivity contribution in [2.24, 2.45) is 7.05 Å². The Morgan fingerprint density at radius 1 is 1.03 bits per heavy atom. The minimum atomic E-state index is -1.42. The standard InChI is InChI=1S/C25H31N3O4Si/c1-28-24(31)16-19(27-28)15-23(30)26-25(18-8-10-20(32-2)11-9-18)22(29)14-17-6-12-21(13-7-17)33(3,4)5/h6-13,16,25,27H,14-15H2,1-5H3,(H,26,30). The first-order valence-electron chi connectivity index (χ1n) is 10.9. The van der Waals surface area contributed by atoms with Crippen molar-refractivity contribution >= 4 is 25.0 Å². The van der Waals surface area contributed by atoms with E-state index in [0.717, 1.165) is 5.56 Å². The van der Waals surface area contributed by atoms with Gasteiger partial charge in [-0.3, -0.25) is 24.2 Å². The molecule has 1 aromatic heterocycles. The Kier molecular flexibility index (Phi) is 7.38. The van der Waals surface area contributed by atoms with Crippen molar-refractivity contribution in [2.75, 3.05) is 7.11 Å². The third kappa shape index (κ3) is 6.32. The molecule has 33 heavy (non-hydrogen) atoms. The number of carbonyl (C=O) groups is 2. The van der Waals surface area contributed by atoms with Crippen LogP contribution in [0.5, 0.6) is 5.75 Å². The van der Waals surface area contributed by atoms with Gasteiger partial charge >= 0.3 is 0 Å². The number of hydrogen-bond donors (Lipinski definition) is 2. The number of Topliss-reactive ketones (excluding diaryl/α,β-unsaturated/α-hetero) is 1. The Hall–Kier alpha value is -3.39. The number of aryl methyl sites for hydroxylation is 1. The molecule has 0 spiro atoms. The fourth-order valence-electron chi connectivity index (χ4n) is 3.60. The summed E-state index contributed by atoms with van der Waals surface area (Å²) in [5.74, 6) is 0.205. The van der Waals surface area contributed by atoms with Gasteiger partial charge in [0.05, 0.1) is 21.6 Å². The van der Waals surface area contributed by atoms with Crippen LogP contribution in [0.4, 0.5) is 0 Å². The number of carbonyl (C=O) groups excluding carboxylic acids is 2. The molecule has 3 rings (SSSR count). The van der Waals surface area contributed by atoms with Crippen molar-refractivity contribution in [3.63, 3.8) is 0 Å². The molecule has 1 amide bonds. The number of nitrogens with zero attached hydrogens (tertiary/aromatic N) is 1. The number of rotatable bonds is 9. The first kappa shape index (κ1) is 24.3. The van der Waals surface area contributed by atoms with Crippen LogP contribution in [0.15, 0.2) is 59.4 Å². The lowest BCUT2D eigenvalue weighted by atomic mass is 9.97. The Morgan fingerprint density at radius 3 is 2.18 bits per heavy atom.